The van der Waals surface area contributed by atoms with E-state index in [2.05, 4.69) is 25.3 Å². The first-order valence-corrected chi connectivity index (χ1v) is 9.78. The van der Waals surface area contributed by atoms with E-state index in [9.17, 15) is 8.78 Å². The molecule has 0 radical (unpaired) electrons. The van der Waals surface area contributed by atoms with E-state index in [-0.39, 0.29) is 19.1 Å². The summed E-state index contributed by atoms with van der Waals surface area (Å²) in [5.74, 6) is 1.43. The largest absolute Gasteiger partial charge is 0.454 e. The van der Waals surface area contributed by atoms with Gasteiger partial charge in [-0.2, -0.15) is 8.78 Å². The lowest BCUT2D eigenvalue weighted by molar-refractivity contribution is -0.0505. The molecule has 4 rings (SSSR count). The fraction of sp³-hybridized carbons (Fsp3) is 0.333. The molecule has 0 saturated heterocycles. The third-order valence-electron chi connectivity index (χ3n) is 4.84. The molecule has 0 bridgehead atoms. The minimum atomic E-state index is -2.94. The van der Waals surface area contributed by atoms with Gasteiger partial charge in [-0.25, -0.2) is 4.98 Å². The molecular weight excluding hydrogens is 408 g/mol. The number of imidazole rings is 1. The minimum Gasteiger partial charge on any atom is -0.454 e. The first kappa shape index (κ1) is 20.7. The van der Waals surface area contributed by atoms with Gasteiger partial charge in [-0.15, -0.1) is 0 Å². The van der Waals surface area contributed by atoms with E-state index in [1.807, 2.05) is 35.9 Å². The number of hydrogen-bond acceptors (Lipinski definition) is 5. The molecule has 0 spiro atoms. The van der Waals surface area contributed by atoms with Crippen LogP contribution in [0, 0.1) is 6.92 Å². The number of aryl methyl sites for hydroxylation is 1. The summed E-state index contributed by atoms with van der Waals surface area (Å²) in [6.45, 7) is -0.0499. The number of benzene rings is 1. The van der Waals surface area contributed by atoms with Crippen LogP contribution in [0.1, 0.15) is 16.8 Å². The van der Waals surface area contributed by atoms with Gasteiger partial charge in [-0.05, 0) is 24.6 Å². The van der Waals surface area contributed by atoms with E-state index in [1.54, 1.807) is 13.1 Å². The number of ether oxygens (including phenoxy) is 3. The van der Waals surface area contributed by atoms with Crippen LogP contribution >= 0.6 is 0 Å². The van der Waals surface area contributed by atoms with Gasteiger partial charge in [0.05, 0.1) is 5.69 Å². The molecule has 1 aliphatic rings. The number of guanidine groups is 1. The standard InChI is InChI=1S/C21H23F2N5O3/c1-13-4-3-7-28-11-15(27-19(13)28)5-6-25-21(24-2)26-10-14-8-17-18(30-12-29-17)9-16(14)31-20(22)23/h3-4,7-9,11,20H,5-6,10,12H2,1-2H3,(H2,24,25,26). The highest BCUT2D eigenvalue weighted by molar-refractivity contribution is 5.79. The van der Waals surface area contributed by atoms with Gasteiger partial charge < -0.3 is 29.2 Å². The molecule has 31 heavy (non-hydrogen) atoms. The zero-order chi connectivity index (χ0) is 21.8. The summed E-state index contributed by atoms with van der Waals surface area (Å²) < 4.78 is 42.8. The van der Waals surface area contributed by atoms with Crippen molar-refractivity contribution < 1.29 is 23.0 Å². The summed E-state index contributed by atoms with van der Waals surface area (Å²) in [4.78, 5) is 8.83. The molecular formula is C21H23F2N5O3. The van der Waals surface area contributed by atoms with Crippen LogP contribution in [0.4, 0.5) is 8.78 Å². The van der Waals surface area contributed by atoms with Gasteiger partial charge in [-0.1, -0.05) is 6.07 Å². The average Bonchev–Trinajstić information content (AvgIpc) is 3.37. The number of aromatic nitrogens is 2. The Morgan fingerprint density at radius 2 is 2.10 bits per heavy atom. The zero-order valence-electron chi connectivity index (χ0n) is 17.2. The predicted molar refractivity (Wildman–Crippen MR) is 111 cm³/mol. The van der Waals surface area contributed by atoms with Crippen molar-refractivity contribution in [1.82, 2.24) is 20.0 Å². The van der Waals surface area contributed by atoms with Crippen LogP contribution in [0.3, 0.4) is 0 Å². The van der Waals surface area contributed by atoms with Crippen molar-refractivity contribution in [2.45, 2.75) is 26.5 Å². The Morgan fingerprint density at radius 1 is 1.29 bits per heavy atom. The van der Waals surface area contributed by atoms with Gasteiger partial charge in [0.2, 0.25) is 6.79 Å². The maximum absolute atomic E-state index is 12.8. The van der Waals surface area contributed by atoms with Crippen molar-refractivity contribution in [3.05, 3.63) is 53.5 Å². The number of aliphatic imine (C=N–C) groups is 1. The molecule has 0 atom stereocenters. The summed E-state index contributed by atoms with van der Waals surface area (Å²) >= 11 is 0. The number of fused-ring (bicyclic) bond motifs is 2. The Labute approximate surface area is 177 Å². The lowest BCUT2D eigenvalue weighted by atomic mass is 10.1. The number of halogens is 2. The third kappa shape index (κ3) is 4.79. The molecule has 0 unspecified atom stereocenters. The van der Waals surface area contributed by atoms with E-state index in [4.69, 9.17) is 9.47 Å². The summed E-state index contributed by atoms with van der Waals surface area (Å²) in [6.07, 6.45) is 4.67. The molecule has 10 heteroatoms. The summed E-state index contributed by atoms with van der Waals surface area (Å²) in [5, 5.41) is 6.31. The molecule has 3 heterocycles. The van der Waals surface area contributed by atoms with Gasteiger partial charge in [0, 0.05) is 50.6 Å². The van der Waals surface area contributed by atoms with E-state index in [1.165, 1.54) is 6.07 Å². The third-order valence-corrected chi connectivity index (χ3v) is 4.84. The van der Waals surface area contributed by atoms with Gasteiger partial charge in [0.25, 0.3) is 0 Å². The molecule has 0 aliphatic carbocycles. The van der Waals surface area contributed by atoms with Crippen molar-refractivity contribution in [1.29, 1.82) is 0 Å². The maximum atomic E-state index is 12.8. The van der Waals surface area contributed by atoms with E-state index >= 15 is 0 Å². The summed E-state index contributed by atoms with van der Waals surface area (Å²) in [7, 11) is 1.64. The van der Waals surface area contributed by atoms with Crippen LogP contribution < -0.4 is 24.8 Å². The van der Waals surface area contributed by atoms with Crippen LogP contribution in [0.15, 0.2) is 41.7 Å². The summed E-state index contributed by atoms with van der Waals surface area (Å²) in [6, 6.07) is 7.05. The molecule has 8 nitrogen and oxygen atoms in total. The van der Waals surface area contributed by atoms with Gasteiger partial charge in [0.15, 0.2) is 17.5 Å². The Hall–Kier alpha value is -3.56. The lowest BCUT2D eigenvalue weighted by Crippen LogP contribution is -2.38. The number of nitrogens with one attached hydrogen (secondary N) is 2. The van der Waals surface area contributed by atoms with Crippen molar-refractivity contribution in [3.63, 3.8) is 0 Å². The van der Waals surface area contributed by atoms with Crippen molar-refractivity contribution in [2.75, 3.05) is 20.4 Å². The van der Waals surface area contributed by atoms with Gasteiger partial charge in [-0.3, -0.25) is 4.99 Å². The monoisotopic (exact) mass is 431 g/mol. The second-order valence-corrected chi connectivity index (χ2v) is 6.95. The lowest BCUT2D eigenvalue weighted by Gasteiger charge is -2.15. The topological polar surface area (TPSA) is 81.4 Å². The van der Waals surface area contributed by atoms with E-state index < -0.39 is 6.61 Å². The first-order chi connectivity index (χ1) is 15.0. The Kier molecular flexibility index (Phi) is 6.06. The van der Waals surface area contributed by atoms with Gasteiger partial charge >= 0.3 is 6.61 Å². The molecule has 0 amide bonds. The van der Waals surface area contributed by atoms with Crippen LogP contribution in [-0.2, 0) is 13.0 Å². The Bertz CT molecular complexity index is 1100. The van der Waals surface area contributed by atoms with E-state index in [0.29, 0.717) is 36.0 Å². The molecule has 3 aromatic rings. The second-order valence-electron chi connectivity index (χ2n) is 6.95. The highest BCUT2D eigenvalue weighted by Crippen LogP contribution is 2.38. The Morgan fingerprint density at radius 3 is 2.84 bits per heavy atom. The molecule has 1 aromatic carbocycles. The fourth-order valence-corrected chi connectivity index (χ4v) is 3.34. The highest BCUT2D eigenvalue weighted by atomic mass is 19.3. The molecule has 164 valence electrons. The number of hydrogen-bond donors (Lipinski definition) is 2. The predicted octanol–water partition coefficient (Wildman–Crippen LogP) is 2.88. The first-order valence-electron chi connectivity index (χ1n) is 9.78. The maximum Gasteiger partial charge on any atom is 0.387 e. The quantitative estimate of drug-likeness (QED) is 0.442. The fourth-order valence-electron chi connectivity index (χ4n) is 3.34. The molecule has 0 saturated carbocycles. The highest BCUT2D eigenvalue weighted by Gasteiger charge is 2.20. The second kappa shape index (κ2) is 9.07. The van der Waals surface area contributed by atoms with Crippen LogP contribution in [0.2, 0.25) is 0 Å². The van der Waals surface area contributed by atoms with Crippen LogP contribution in [0.5, 0.6) is 17.2 Å². The Balaban J connectivity index is 1.35. The van der Waals surface area contributed by atoms with E-state index in [0.717, 1.165) is 16.9 Å². The number of rotatable bonds is 7. The normalized spacial score (nSPS) is 13.1. The SMILES string of the molecule is CN=C(NCCc1cn2cccc(C)c2n1)NCc1cc2c(cc1OC(F)F)OCO2. The summed E-state index contributed by atoms with van der Waals surface area (Å²) in [5.41, 5.74) is 3.52. The molecule has 1 aliphatic heterocycles. The average molecular weight is 431 g/mol. The minimum absolute atomic E-state index is 0.0299. The smallest absolute Gasteiger partial charge is 0.387 e. The van der Waals surface area contributed by atoms with Gasteiger partial charge in [0.1, 0.15) is 11.4 Å². The molecule has 2 aromatic heterocycles. The molecule has 2 N–H and O–H groups in total. The molecule has 0 fully saturated rings. The zero-order valence-corrected chi connectivity index (χ0v) is 17.2. The van der Waals surface area contributed by atoms with Crippen molar-refractivity contribution in [3.8, 4) is 17.2 Å². The number of pyridine rings is 1. The van der Waals surface area contributed by atoms with Crippen molar-refractivity contribution >= 4 is 11.6 Å². The van der Waals surface area contributed by atoms with Crippen LogP contribution in [0.25, 0.3) is 5.65 Å². The number of alkyl halides is 2. The van der Waals surface area contributed by atoms with Crippen LogP contribution in [-0.4, -0.2) is 42.3 Å². The number of nitrogens with zero attached hydrogens (tertiary/aromatic N) is 3. The van der Waals surface area contributed by atoms with Crippen molar-refractivity contribution in [2.24, 2.45) is 4.99 Å².